The minimum Gasteiger partial charge on any atom is -0.480 e. The molecule has 0 aliphatic rings. The molecule has 0 amide bonds. The summed E-state index contributed by atoms with van der Waals surface area (Å²) in [7, 11) is 0. The molecular formula is C11H23Cl2N3O5. The van der Waals surface area contributed by atoms with E-state index in [1.54, 1.807) is 6.92 Å². The van der Waals surface area contributed by atoms with Gasteiger partial charge in [-0.1, -0.05) is 0 Å². The maximum absolute atomic E-state index is 10.5. The predicted molar refractivity (Wildman–Crippen MR) is 82.2 cm³/mol. The van der Waals surface area contributed by atoms with Crippen molar-refractivity contribution in [3.63, 3.8) is 0 Å². The summed E-state index contributed by atoms with van der Waals surface area (Å²) in [5.74, 6) is -1.15. The molecule has 0 fully saturated rings. The van der Waals surface area contributed by atoms with Crippen molar-refractivity contribution in [1.82, 2.24) is 5.06 Å². The Bertz CT molecular complexity index is 342. The third kappa shape index (κ3) is 13.6. The smallest absolute Gasteiger partial charge is 0.320 e. The Morgan fingerprint density at radius 3 is 2.33 bits per heavy atom. The second-order valence-corrected chi connectivity index (χ2v) is 4.03. The molecule has 0 saturated carbocycles. The number of hydrogen-bond donors (Lipinski definition) is 3. The molecule has 0 aliphatic carbocycles. The fraction of sp³-hybridized carbons (Fsp3) is 0.727. The first-order valence-corrected chi connectivity index (χ1v) is 5.93. The van der Waals surface area contributed by atoms with Gasteiger partial charge in [-0.25, -0.2) is 10.1 Å². The number of amidine groups is 1. The van der Waals surface area contributed by atoms with Crippen LogP contribution >= 0.6 is 24.8 Å². The Kier molecular flexibility index (Phi) is 16.4. The maximum Gasteiger partial charge on any atom is 0.320 e. The van der Waals surface area contributed by atoms with Crippen LogP contribution in [0, 0.1) is 0 Å². The van der Waals surface area contributed by atoms with E-state index in [9.17, 15) is 14.8 Å². The van der Waals surface area contributed by atoms with Gasteiger partial charge in [-0.2, -0.15) is 0 Å². The molecular weight excluding hydrogens is 325 g/mol. The Morgan fingerprint density at radius 1 is 1.29 bits per heavy atom. The molecule has 0 aromatic heterocycles. The van der Waals surface area contributed by atoms with Crippen molar-refractivity contribution >= 4 is 42.6 Å². The number of hydrogen-bond acceptors (Lipinski definition) is 6. The number of nitrogens with zero attached hydrogens (tertiary/aromatic N) is 2. The lowest BCUT2D eigenvalue weighted by Gasteiger charge is -2.16. The van der Waals surface area contributed by atoms with Crippen molar-refractivity contribution in [2.75, 3.05) is 13.3 Å². The molecule has 0 spiro atoms. The van der Waals surface area contributed by atoms with Gasteiger partial charge >= 0.3 is 11.9 Å². The second kappa shape index (κ2) is 13.9. The van der Waals surface area contributed by atoms with Gasteiger partial charge in [0, 0.05) is 13.5 Å². The number of aliphatic imine (C=N–C) groups is 1. The van der Waals surface area contributed by atoms with Gasteiger partial charge in [-0.05, 0) is 26.2 Å². The van der Waals surface area contributed by atoms with E-state index in [0.717, 1.165) is 5.06 Å². The third-order valence-corrected chi connectivity index (χ3v) is 2.39. The number of rotatable bonds is 8. The highest BCUT2D eigenvalue weighted by Crippen LogP contribution is 2.01. The van der Waals surface area contributed by atoms with Crippen LogP contribution in [0.4, 0.5) is 0 Å². The van der Waals surface area contributed by atoms with Gasteiger partial charge in [0.25, 0.3) is 0 Å². The first-order chi connectivity index (χ1) is 8.84. The molecule has 0 radical (unpaired) electrons. The van der Waals surface area contributed by atoms with Crippen LogP contribution in [0.2, 0.25) is 0 Å². The number of unbranched alkanes of at least 4 members (excludes halogenated alkanes) is 1. The molecule has 21 heavy (non-hydrogen) atoms. The monoisotopic (exact) mass is 347 g/mol. The van der Waals surface area contributed by atoms with E-state index in [-0.39, 0.29) is 31.5 Å². The van der Waals surface area contributed by atoms with E-state index in [1.165, 1.54) is 6.92 Å². The largest absolute Gasteiger partial charge is 0.480 e. The molecule has 0 rings (SSSR count). The first kappa shape index (κ1) is 24.9. The van der Waals surface area contributed by atoms with Crippen LogP contribution in [0.1, 0.15) is 33.1 Å². The minimum absolute atomic E-state index is 0. The molecule has 4 N–H and O–H groups in total. The molecule has 1 atom stereocenters. The number of nitrogens with two attached hydrogens (primary N) is 1. The van der Waals surface area contributed by atoms with Gasteiger partial charge < -0.3 is 15.6 Å². The van der Waals surface area contributed by atoms with Crippen LogP contribution in [0.25, 0.3) is 0 Å². The van der Waals surface area contributed by atoms with Gasteiger partial charge in [0.05, 0.1) is 0 Å². The summed E-state index contributed by atoms with van der Waals surface area (Å²) in [6.07, 6.45) is 1.52. The molecule has 8 nitrogen and oxygen atoms in total. The fourth-order valence-electron chi connectivity index (χ4n) is 1.21. The number of carbonyl (C=O) groups is 2. The Labute approximate surface area is 136 Å². The van der Waals surface area contributed by atoms with Crippen LogP contribution in [0.15, 0.2) is 4.99 Å². The lowest BCUT2D eigenvalue weighted by atomic mass is 10.1. The summed E-state index contributed by atoms with van der Waals surface area (Å²) in [4.78, 5) is 24.8. The summed E-state index contributed by atoms with van der Waals surface area (Å²) in [6, 6.07) is -0.870. The van der Waals surface area contributed by atoms with Crippen LogP contribution in [0.3, 0.4) is 0 Å². The number of ether oxygens (including phenoxy) is 1. The first-order valence-electron chi connectivity index (χ1n) is 5.93. The van der Waals surface area contributed by atoms with E-state index in [2.05, 4.69) is 9.73 Å². The van der Waals surface area contributed by atoms with Gasteiger partial charge in [0.15, 0.2) is 6.73 Å². The third-order valence-electron chi connectivity index (χ3n) is 2.39. The number of carbonyl (C=O) groups excluding carboxylic acids is 1. The van der Waals surface area contributed by atoms with E-state index in [4.69, 9.17) is 10.8 Å². The lowest BCUT2D eigenvalue weighted by Crippen LogP contribution is -2.30. The van der Waals surface area contributed by atoms with Crippen molar-refractivity contribution in [2.45, 2.75) is 39.2 Å². The summed E-state index contributed by atoms with van der Waals surface area (Å²) >= 11 is 0. The quantitative estimate of drug-likeness (QED) is 0.197. The molecule has 0 bridgehead atoms. The number of esters is 1. The number of halogens is 2. The van der Waals surface area contributed by atoms with Crippen molar-refractivity contribution in [3.05, 3.63) is 0 Å². The predicted octanol–water partition coefficient (Wildman–Crippen LogP) is 1.04. The lowest BCUT2D eigenvalue weighted by molar-refractivity contribution is -0.141. The van der Waals surface area contributed by atoms with E-state index in [0.29, 0.717) is 31.6 Å². The number of carboxylic acids is 1. The normalized spacial score (nSPS) is 11.7. The molecule has 10 heteroatoms. The summed E-state index contributed by atoms with van der Waals surface area (Å²) < 4.78 is 4.60. The van der Waals surface area contributed by atoms with Crippen molar-refractivity contribution in [3.8, 4) is 0 Å². The maximum atomic E-state index is 10.5. The highest BCUT2D eigenvalue weighted by molar-refractivity contribution is 5.85. The summed E-state index contributed by atoms with van der Waals surface area (Å²) in [6.45, 7) is 3.02. The number of hydroxylamine groups is 2. The number of aliphatic carboxylic acids is 1. The second-order valence-electron chi connectivity index (χ2n) is 4.03. The Morgan fingerprint density at radius 2 is 1.86 bits per heavy atom. The zero-order chi connectivity index (χ0) is 14.8. The molecule has 0 heterocycles. The summed E-state index contributed by atoms with van der Waals surface area (Å²) in [5, 5.41) is 19.1. The molecule has 0 aromatic carbocycles. The SMILES string of the molecule is CC(=O)OCN=C(C)N(O)CCCC[C@H](N)C(=O)O.Cl.Cl. The highest BCUT2D eigenvalue weighted by Gasteiger charge is 2.10. The van der Waals surface area contributed by atoms with Crippen LogP contribution in [0.5, 0.6) is 0 Å². The van der Waals surface area contributed by atoms with E-state index >= 15 is 0 Å². The topological polar surface area (TPSA) is 125 Å². The molecule has 0 aromatic rings. The zero-order valence-electron chi connectivity index (χ0n) is 12.0. The molecule has 0 aliphatic heterocycles. The molecule has 0 unspecified atom stereocenters. The standard InChI is InChI=1S/C11H21N3O5.2ClH/c1-8(13-7-19-9(2)15)14(18)6-4-3-5-10(12)11(16)17;;/h10,18H,3-7,12H2,1-2H3,(H,16,17);2*1H/t10-;;/m0../s1. The van der Waals surface area contributed by atoms with E-state index < -0.39 is 18.0 Å². The van der Waals surface area contributed by atoms with Crippen molar-refractivity contribution in [1.29, 1.82) is 0 Å². The van der Waals surface area contributed by atoms with E-state index in [1.807, 2.05) is 0 Å². The average Bonchev–Trinajstić information content (AvgIpc) is 2.33. The van der Waals surface area contributed by atoms with Gasteiger partial charge in [-0.3, -0.25) is 14.8 Å². The highest BCUT2D eigenvalue weighted by atomic mass is 35.5. The summed E-state index contributed by atoms with van der Waals surface area (Å²) in [5.41, 5.74) is 5.34. The minimum atomic E-state index is -1.03. The van der Waals surface area contributed by atoms with Crippen molar-refractivity contribution in [2.24, 2.45) is 10.7 Å². The fourth-order valence-corrected chi connectivity index (χ4v) is 1.21. The molecule has 0 saturated heterocycles. The Hall–Kier alpha value is -1.09. The van der Waals surface area contributed by atoms with Gasteiger partial charge in [0.1, 0.15) is 11.9 Å². The zero-order valence-corrected chi connectivity index (χ0v) is 13.7. The van der Waals surface area contributed by atoms with Crippen LogP contribution in [-0.4, -0.2) is 52.5 Å². The van der Waals surface area contributed by atoms with Gasteiger partial charge in [0.2, 0.25) is 0 Å². The van der Waals surface area contributed by atoms with Crippen LogP contribution < -0.4 is 5.73 Å². The van der Waals surface area contributed by atoms with Gasteiger partial charge in [-0.15, -0.1) is 24.8 Å². The van der Waals surface area contributed by atoms with Crippen molar-refractivity contribution < 1.29 is 24.6 Å². The molecule has 126 valence electrons. The Balaban J connectivity index is -0.00000162. The van der Waals surface area contributed by atoms with Crippen LogP contribution in [-0.2, 0) is 14.3 Å². The number of carboxylic acid groups (broad SMARTS) is 1. The average molecular weight is 348 g/mol.